The lowest BCUT2D eigenvalue weighted by atomic mass is 10.1. The molecule has 0 fully saturated rings. The van der Waals surface area contributed by atoms with Gasteiger partial charge in [0.2, 0.25) is 0 Å². The van der Waals surface area contributed by atoms with Crippen LogP contribution >= 0.6 is 27.5 Å². The van der Waals surface area contributed by atoms with Gasteiger partial charge in [0.25, 0.3) is 0 Å². The van der Waals surface area contributed by atoms with Gasteiger partial charge in [-0.2, -0.15) is 0 Å². The summed E-state index contributed by atoms with van der Waals surface area (Å²) in [6.07, 6.45) is 0. The van der Waals surface area contributed by atoms with Gasteiger partial charge in [-0.15, -0.1) is 0 Å². The van der Waals surface area contributed by atoms with Crippen molar-refractivity contribution in [2.45, 2.75) is 4.83 Å². The van der Waals surface area contributed by atoms with Crippen molar-refractivity contribution in [2.75, 3.05) is 7.11 Å². The molecule has 0 spiro atoms. The van der Waals surface area contributed by atoms with E-state index in [2.05, 4.69) is 15.9 Å². The molecule has 0 saturated carbocycles. The molecule has 7 heteroatoms. The van der Waals surface area contributed by atoms with E-state index >= 15 is 0 Å². The van der Waals surface area contributed by atoms with E-state index in [0.717, 1.165) is 5.56 Å². The van der Waals surface area contributed by atoms with Gasteiger partial charge in [0.05, 0.1) is 13.2 Å². The zero-order valence-corrected chi connectivity index (χ0v) is 12.1. The van der Waals surface area contributed by atoms with Gasteiger partial charge in [0.1, 0.15) is 21.3 Å². The summed E-state index contributed by atoms with van der Waals surface area (Å²) in [4.78, 5) is 9.64. The van der Waals surface area contributed by atoms with Gasteiger partial charge in [-0.05, 0) is 24.3 Å². The summed E-state index contributed by atoms with van der Waals surface area (Å²) < 4.78 is 10.4. The molecule has 19 heavy (non-hydrogen) atoms. The predicted molar refractivity (Wildman–Crippen MR) is 74.1 cm³/mol. The second kappa shape index (κ2) is 5.63. The van der Waals surface area contributed by atoms with Crippen molar-refractivity contribution in [3.8, 4) is 5.75 Å². The number of furan rings is 1. The number of methoxy groups -OCH3 is 1. The Balaban J connectivity index is 2.39. The van der Waals surface area contributed by atoms with Crippen molar-refractivity contribution in [2.24, 2.45) is 0 Å². The van der Waals surface area contributed by atoms with Crippen LogP contribution in [0, 0.1) is 10.1 Å². The third-order valence-electron chi connectivity index (χ3n) is 2.51. The zero-order chi connectivity index (χ0) is 14.0. The standard InChI is InChI=1S/C12H9BrClNO4/c1-18-9-3-2-7(14)6-8(9)12(13)10-4-5-11(19-10)15(16)17/h2-6,12H,1H3. The Morgan fingerprint density at radius 3 is 2.74 bits per heavy atom. The Morgan fingerprint density at radius 2 is 2.16 bits per heavy atom. The first-order chi connectivity index (χ1) is 9.02. The van der Waals surface area contributed by atoms with Crippen molar-refractivity contribution in [3.63, 3.8) is 0 Å². The molecule has 1 heterocycles. The Bertz CT molecular complexity index is 614. The Labute approximate surface area is 122 Å². The molecule has 1 unspecified atom stereocenters. The van der Waals surface area contributed by atoms with Crippen LogP contribution in [0.5, 0.6) is 5.75 Å². The number of halogens is 2. The Hall–Kier alpha value is -1.53. The number of alkyl halides is 1. The average Bonchev–Trinajstić information content (AvgIpc) is 2.87. The summed E-state index contributed by atoms with van der Waals surface area (Å²) in [5, 5.41) is 11.1. The molecule has 0 radical (unpaired) electrons. The van der Waals surface area contributed by atoms with Crippen LogP contribution in [0.2, 0.25) is 5.02 Å². The Kier molecular flexibility index (Phi) is 4.11. The van der Waals surface area contributed by atoms with Crippen LogP contribution in [0.4, 0.5) is 5.88 Å². The lowest BCUT2D eigenvalue weighted by Crippen LogP contribution is -1.96. The maximum Gasteiger partial charge on any atom is 0.433 e. The van der Waals surface area contributed by atoms with Gasteiger partial charge < -0.3 is 9.15 Å². The van der Waals surface area contributed by atoms with E-state index in [4.69, 9.17) is 20.8 Å². The number of nitro groups is 1. The molecule has 100 valence electrons. The molecule has 5 nitrogen and oxygen atoms in total. The molecule has 0 aliphatic carbocycles. The minimum atomic E-state index is -0.585. The Morgan fingerprint density at radius 1 is 1.42 bits per heavy atom. The topological polar surface area (TPSA) is 65.5 Å². The number of nitrogens with zero attached hydrogens (tertiary/aromatic N) is 1. The van der Waals surface area contributed by atoms with Crippen molar-refractivity contribution >= 4 is 33.4 Å². The largest absolute Gasteiger partial charge is 0.496 e. The highest BCUT2D eigenvalue weighted by molar-refractivity contribution is 9.09. The first-order valence-corrected chi connectivity index (χ1v) is 6.54. The molecular weight excluding hydrogens is 337 g/mol. The van der Waals surface area contributed by atoms with Crippen molar-refractivity contribution < 1.29 is 14.1 Å². The number of hydrogen-bond donors (Lipinski definition) is 0. The molecular formula is C12H9BrClNO4. The summed E-state index contributed by atoms with van der Waals surface area (Å²) in [5.41, 5.74) is 0.735. The molecule has 0 saturated heterocycles. The molecule has 0 amide bonds. The zero-order valence-electron chi connectivity index (χ0n) is 9.80. The molecule has 0 N–H and O–H groups in total. The summed E-state index contributed by atoms with van der Waals surface area (Å²) in [6.45, 7) is 0. The highest BCUT2D eigenvalue weighted by Gasteiger charge is 2.22. The van der Waals surface area contributed by atoms with Crippen LogP contribution < -0.4 is 4.74 Å². The van der Waals surface area contributed by atoms with E-state index in [1.165, 1.54) is 19.2 Å². The summed E-state index contributed by atoms with van der Waals surface area (Å²) in [7, 11) is 1.54. The van der Waals surface area contributed by atoms with E-state index < -0.39 is 4.92 Å². The van der Waals surface area contributed by atoms with Gasteiger partial charge in [-0.3, -0.25) is 10.1 Å². The average molecular weight is 347 g/mol. The molecule has 2 aromatic rings. The summed E-state index contributed by atoms with van der Waals surface area (Å²) in [5.74, 6) is 0.720. The third kappa shape index (κ3) is 2.90. The molecule has 1 aromatic heterocycles. The monoisotopic (exact) mass is 345 g/mol. The minimum Gasteiger partial charge on any atom is -0.496 e. The molecule has 2 rings (SSSR count). The van der Waals surface area contributed by atoms with Crippen LogP contribution in [0.3, 0.4) is 0 Å². The first kappa shape index (κ1) is 13.9. The quantitative estimate of drug-likeness (QED) is 0.469. The number of benzene rings is 1. The smallest absolute Gasteiger partial charge is 0.433 e. The van der Waals surface area contributed by atoms with Crippen LogP contribution in [0.25, 0.3) is 0 Å². The van der Waals surface area contributed by atoms with Gasteiger partial charge in [-0.25, -0.2) is 0 Å². The highest BCUT2D eigenvalue weighted by atomic mass is 79.9. The molecule has 0 aliphatic rings. The van der Waals surface area contributed by atoms with E-state index in [1.54, 1.807) is 18.2 Å². The maximum absolute atomic E-state index is 10.6. The number of hydrogen-bond acceptors (Lipinski definition) is 4. The lowest BCUT2D eigenvalue weighted by molar-refractivity contribution is -0.402. The predicted octanol–water partition coefficient (Wildman–Crippen LogP) is 4.33. The fourth-order valence-corrected chi connectivity index (χ4v) is 2.42. The summed E-state index contributed by atoms with van der Waals surface area (Å²) in [6, 6.07) is 7.99. The van der Waals surface area contributed by atoms with E-state index in [-0.39, 0.29) is 10.7 Å². The van der Waals surface area contributed by atoms with Crippen LogP contribution in [0.1, 0.15) is 16.2 Å². The molecule has 0 aliphatic heterocycles. The summed E-state index contributed by atoms with van der Waals surface area (Å²) >= 11 is 9.37. The molecule has 1 aromatic carbocycles. The third-order valence-corrected chi connectivity index (χ3v) is 3.69. The van der Waals surface area contributed by atoms with Crippen LogP contribution in [-0.2, 0) is 0 Å². The highest BCUT2D eigenvalue weighted by Crippen LogP contribution is 2.39. The van der Waals surface area contributed by atoms with Gasteiger partial charge in [0.15, 0.2) is 0 Å². The van der Waals surface area contributed by atoms with Gasteiger partial charge in [-0.1, -0.05) is 27.5 Å². The van der Waals surface area contributed by atoms with Gasteiger partial charge in [0, 0.05) is 10.6 Å². The molecule has 1 atom stereocenters. The van der Waals surface area contributed by atoms with Crippen LogP contribution in [-0.4, -0.2) is 12.0 Å². The van der Waals surface area contributed by atoms with E-state index in [1.807, 2.05) is 0 Å². The second-order valence-electron chi connectivity index (χ2n) is 3.68. The number of ether oxygens (including phenoxy) is 1. The number of rotatable bonds is 4. The van der Waals surface area contributed by atoms with Crippen LogP contribution in [0.15, 0.2) is 34.7 Å². The van der Waals surface area contributed by atoms with E-state index in [9.17, 15) is 10.1 Å². The fraction of sp³-hybridized carbons (Fsp3) is 0.167. The van der Waals surface area contributed by atoms with Crippen molar-refractivity contribution in [1.82, 2.24) is 0 Å². The van der Waals surface area contributed by atoms with E-state index in [0.29, 0.717) is 16.5 Å². The van der Waals surface area contributed by atoms with Crippen molar-refractivity contribution in [1.29, 1.82) is 0 Å². The van der Waals surface area contributed by atoms with Crippen molar-refractivity contribution in [3.05, 3.63) is 56.8 Å². The lowest BCUT2D eigenvalue weighted by Gasteiger charge is -2.12. The SMILES string of the molecule is COc1ccc(Cl)cc1C(Br)c1ccc([N+](=O)[O-])o1. The fourth-order valence-electron chi connectivity index (χ4n) is 1.63. The normalized spacial score (nSPS) is 12.2. The molecule has 0 bridgehead atoms. The second-order valence-corrected chi connectivity index (χ2v) is 5.03. The minimum absolute atomic E-state index is 0.305. The first-order valence-electron chi connectivity index (χ1n) is 5.24. The maximum atomic E-state index is 10.6. The van der Waals surface area contributed by atoms with Gasteiger partial charge >= 0.3 is 5.88 Å².